The molecule has 96 valence electrons. The van der Waals surface area contributed by atoms with Crippen molar-refractivity contribution in [3.8, 4) is 0 Å². The van der Waals surface area contributed by atoms with E-state index in [1.54, 1.807) is 0 Å². The molecule has 2 unspecified atom stereocenters. The van der Waals surface area contributed by atoms with Crippen LogP contribution in [0.25, 0.3) is 0 Å². The maximum atomic E-state index is 11.0. The zero-order chi connectivity index (χ0) is 12.2. The molecule has 1 aliphatic rings. The molecule has 0 radical (unpaired) electrons. The molecule has 0 aromatic carbocycles. The number of hydrogen-bond acceptors (Lipinski definition) is 5. The smallest absolute Gasteiger partial charge is 0.148 e. The van der Waals surface area contributed by atoms with Gasteiger partial charge in [0.05, 0.1) is 12.4 Å². The van der Waals surface area contributed by atoms with Gasteiger partial charge in [0, 0.05) is 37.9 Å². The first-order valence-electron chi connectivity index (χ1n) is 5.58. The molecule has 0 amide bonds. The summed E-state index contributed by atoms with van der Waals surface area (Å²) in [5.41, 5.74) is 6.05. The van der Waals surface area contributed by atoms with Gasteiger partial charge < -0.3 is 15.4 Å². The quantitative estimate of drug-likeness (QED) is 0.676. The number of rotatable bonds is 6. The third-order valence-electron chi connectivity index (χ3n) is 2.94. The molecular formula is C10H22N2O3S. The summed E-state index contributed by atoms with van der Waals surface area (Å²) >= 11 is 0. The van der Waals surface area contributed by atoms with Crippen LogP contribution in [-0.2, 0) is 14.6 Å². The molecular weight excluding hydrogens is 228 g/mol. The predicted molar refractivity (Wildman–Crippen MR) is 64.1 cm³/mol. The number of hydrogen-bond donors (Lipinski definition) is 1. The van der Waals surface area contributed by atoms with Crippen LogP contribution in [0.3, 0.4) is 0 Å². The molecule has 2 atom stereocenters. The summed E-state index contributed by atoms with van der Waals surface area (Å²) in [6, 6.07) is 0.0760. The number of sulfone groups is 1. The van der Waals surface area contributed by atoms with Crippen LogP contribution in [0.15, 0.2) is 0 Å². The normalized spacial score (nSPS) is 23.9. The van der Waals surface area contributed by atoms with Gasteiger partial charge >= 0.3 is 0 Å². The van der Waals surface area contributed by atoms with Gasteiger partial charge in [-0.05, 0) is 13.5 Å². The fourth-order valence-electron chi connectivity index (χ4n) is 1.81. The first-order chi connectivity index (χ1) is 7.38. The second-order valence-electron chi connectivity index (χ2n) is 4.68. The highest BCUT2D eigenvalue weighted by Crippen LogP contribution is 2.15. The Hall–Kier alpha value is -0.170. The first-order valence-corrected chi connectivity index (χ1v) is 7.64. The molecule has 1 fully saturated rings. The molecule has 0 bridgehead atoms. The van der Waals surface area contributed by atoms with Crippen LogP contribution in [0.4, 0.5) is 0 Å². The van der Waals surface area contributed by atoms with Gasteiger partial charge in [0.2, 0.25) is 0 Å². The zero-order valence-corrected chi connectivity index (χ0v) is 10.9. The van der Waals surface area contributed by atoms with E-state index in [9.17, 15) is 8.42 Å². The van der Waals surface area contributed by atoms with Crippen molar-refractivity contribution < 1.29 is 13.2 Å². The van der Waals surface area contributed by atoms with Gasteiger partial charge in [-0.2, -0.15) is 0 Å². The summed E-state index contributed by atoms with van der Waals surface area (Å²) in [6.07, 6.45) is 2.27. The Morgan fingerprint density at radius 2 is 2.25 bits per heavy atom. The molecule has 0 aromatic heterocycles. The number of likely N-dealkylation sites (N-methyl/N-ethyl adjacent to an activating group) is 1. The van der Waals surface area contributed by atoms with E-state index in [1.807, 2.05) is 11.9 Å². The highest BCUT2D eigenvalue weighted by atomic mass is 32.2. The maximum Gasteiger partial charge on any atom is 0.148 e. The Labute approximate surface area is 97.9 Å². The van der Waals surface area contributed by atoms with Gasteiger partial charge in [-0.3, -0.25) is 0 Å². The molecule has 5 nitrogen and oxygen atoms in total. The van der Waals surface area contributed by atoms with Gasteiger partial charge in [-0.25, -0.2) is 8.42 Å². The van der Waals surface area contributed by atoms with E-state index in [0.29, 0.717) is 12.5 Å². The lowest BCUT2D eigenvalue weighted by atomic mass is 10.00. The summed E-state index contributed by atoms with van der Waals surface area (Å²) in [5, 5.41) is 0. The standard InChI is InChI=1S/C10H22N2O3S/c1-12(4-6-16(2,13)14)7-10(11)9-3-5-15-8-9/h9-10H,3-8,11H2,1-2H3. The van der Waals surface area contributed by atoms with E-state index in [2.05, 4.69) is 0 Å². The van der Waals surface area contributed by atoms with Crippen molar-refractivity contribution in [2.45, 2.75) is 12.5 Å². The number of nitrogens with zero attached hydrogens (tertiary/aromatic N) is 1. The van der Waals surface area contributed by atoms with Crippen molar-refractivity contribution >= 4 is 9.84 Å². The average Bonchev–Trinajstić information content (AvgIpc) is 2.66. The molecule has 1 aliphatic heterocycles. The van der Waals surface area contributed by atoms with Crippen LogP contribution in [-0.4, -0.2) is 64.7 Å². The molecule has 0 aliphatic carbocycles. The van der Waals surface area contributed by atoms with Crippen molar-refractivity contribution in [1.29, 1.82) is 0 Å². The molecule has 16 heavy (non-hydrogen) atoms. The van der Waals surface area contributed by atoms with Gasteiger partial charge in [0.1, 0.15) is 9.84 Å². The van der Waals surface area contributed by atoms with Crippen molar-refractivity contribution in [1.82, 2.24) is 4.90 Å². The number of nitrogens with two attached hydrogens (primary N) is 1. The molecule has 1 heterocycles. The van der Waals surface area contributed by atoms with E-state index in [1.165, 1.54) is 6.26 Å². The largest absolute Gasteiger partial charge is 0.381 e. The highest BCUT2D eigenvalue weighted by molar-refractivity contribution is 7.90. The second kappa shape index (κ2) is 5.95. The lowest BCUT2D eigenvalue weighted by Gasteiger charge is -2.24. The van der Waals surface area contributed by atoms with Crippen LogP contribution >= 0.6 is 0 Å². The molecule has 1 saturated heterocycles. The summed E-state index contributed by atoms with van der Waals surface area (Å²) in [7, 11) is -0.978. The Bertz CT molecular complexity index is 299. The fourth-order valence-corrected chi connectivity index (χ4v) is 2.46. The molecule has 6 heteroatoms. The Morgan fingerprint density at radius 1 is 1.56 bits per heavy atom. The summed E-state index contributed by atoms with van der Waals surface area (Å²) in [5.74, 6) is 0.609. The summed E-state index contributed by atoms with van der Waals surface area (Å²) < 4.78 is 27.3. The molecule has 0 spiro atoms. The molecule has 2 N–H and O–H groups in total. The minimum absolute atomic E-state index is 0.0760. The molecule has 0 saturated carbocycles. The van der Waals surface area contributed by atoms with Crippen molar-refractivity contribution in [2.75, 3.05) is 45.4 Å². The van der Waals surface area contributed by atoms with Gasteiger partial charge in [0.15, 0.2) is 0 Å². The van der Waals surface area contributed by atoms with E-state index in [4.69, 9.17) is 10.5 Å². The maximum absolute atomic E-state index is 11.0. The van der Waals surface area contributed by atoms with Crippen molar-refractivity contribution in [3.63, 3.8) is 0 Å². The minimum Gasteiger partial charge on any atom is -0.381 e. The van der Waals surface area contributed by atoms with Crippen molar-refractivity contribution in [2.24, 2.45) is 11.7 Å². The topological polar surface area (TPSA) is 72.6 Å². The van der Waals surface area contributed by atoms with Gasteiger partial charge in [0.25, 0.3) is 0 Å². The van der Waals surface area contributed by atoms with Gasteiger partial charge in [-0.15, -0.1) is 0 Å². The third kappa shape index (κ3) is 5.25. The van der Waals surface area contributed by atoms with Crippen LogP contribution in [0.2, 0.25) is 0 Å². The lowest BCUT2D eigenvalue weighted by molar-refractivity contribution is 0.175. The molecule has 1 rings (SSSR count). The van der Waals surface area contributed by atoms with Crippen LogP contribution in [0.1, 0.15) is 6.42 Å². The van der Waals surface area contributed by atoms with E-state index < -0.39 is 9.84 Å². The summed E-state index contributed by atoms with van der Waals surface area (Å²) in [4.78, 5) is 1.98. The Balaban J connectivity index is 2.25. The predicted octanol–water partition coefficient (Wildman–Crippen LogP) is -0.673. The Kier molecular flexibility index (Phi) is 5.17. The van der Waals surface area contributed by atoms with E-state index >= 15 is 0 Å². The SMILES string of the molecule is CN(CCS(C)(=O)=O)CC(N)C1CCOC1. The summed E-state index contributed by atoms with van der Waals surface area (Å²) in [6.45, 7) is 2.80. The minimum atomic E-state index is -2.88. The molecule has 0 aromatic rings. The van der Waals surface area contributed by atoms with Gasteiger partial charge in [-0.1, -0.05) is 0 Å². The van der Waals surface area contributed by atoms with Crippen LogP contribution in [0.5, 0.6) is 0 Å². The fraction of sp³-hybridized carbons (Fsp3) is 1.00. The monoisotopic (exact) mass is 250 g/mol. The van der Waals surface area contributed by atoms with Crippen LogP contribution < -0.4 is 5.73 Å². The van der Waals surface area contributed by atoms with Crippen LogP contribution in [0, 0.1) is 5.92 Å². The second-order valence-corrected chi connectivity index (χ2v) is 6.94. The first kappa shape index (κ1) is 13.9. The van der Waals surface area contributed by atoms with E-state index in [0.717, 1.165) is 26.2 Å². The average molecular weight is 250 g/mol. The zero-order valence-electron chi connectivity index (χ0n) is 10.1. The lowest BCUT2D eigenvalue weighted by Crippen LogP contribution is -2.42. The Morgan fingerprint density at radius 3 is 2.75 bits per heavy atom. The van der Waals surface area contributed by atoms with E-state index in [-0.39, 0.29) is 11.8 Å². The third-order valence-corrected chi connectivity index (χ3v) is 3.86. The van der Waals surface area contributed by atoms with Crippen molar-refractivity contribution in [3.05, 3.63) is 0 Å². The number of ether oxygens (including phenoxy) is 1. The highest BCUT2D eigenvalue weighted by Gasteiger charge is 2.23.